The van der Waals surface area contributed by atoms with Crippen LogP contribution in [0.15, 0.2) is 18.2 Å². The van der Waals surface area contributed by atoms with E-state index in [2.05, 4.69) is 5.32 Å². The molecular weight excluding hydrogens is 253 g/mol. The molecular formula is C13H16FNO4. The highest BCUT2D eigenvalue weighted by Gasteiger charge is 2.11. The van der Waals surface area contributed by atoms with Gasteiger partial charge in [0.15, 0.2) is 0 Å². The molecule has 0 aliphatic rings. The molecule has 1 aromatic rings. The van der Waals surface area contributed by atoms with E-state index in [1.807, 2.05) is 13.8 Å². The molecule has 1 aromatic carbocycles. The number of carboxylic acid groups (broad SMARTS) is 1. The Bertz CT molecular complexity index is 474. The predicted octanol–water partition coefficient (Wildman–Crippen LogP) is 2.28. The summed E-state index contributed by atoms with van der Waals surface area (Å²) >= 11 is 0. The van der Waals surface area contributed by atoms with E-state index in [1.54, 1.807) is 0 Å². The van der Waals surface area contributed by atoms with Crippen LogP contribution in [0.5, 0.6) is 0 Å². The predicted molar refractivity (Wildman–Crippen MR) is 67.7 cm³/mol. The Morgan fingerprint density at radius 3 is 2.68 bits per heavy atom. The van der Waals surface area contributed by atoms with Crippen molar-refractivity contribution in [2.45, 2.75) is 26.4 Å². The highest BCUT2D eigenvalue weighted by atomic mass is 19.1. The quantitative estimate of drug-likeness (QED) is 0.830. The second kappa shape index (κ2) is 6.84. The SMILES string of the molecule is CC(C)OCCC(=O)Nc1cc(C(=O)O)ccc1F. The van der Waals surface area contributed by atoms with Crippen LogP contribution in [0, 0.1) is 5.82 Å². The minimum Gasteiger partial charge on any atom is -0.478 e. The number of carbonyl (C=O) groups is 2. The summed E-state index contributed by atoms with van der Waals surface area (Å²) in [7, 11) is 0. The molecule has 0 aromatic heterocycles. The number of rotatable bonds is 6. The van der Waals surface area contributed by atoms with Crippen molar-refractivity contribution in [3.8, 4) is 0 Å². The lowest BCUT2D eigenvalue weighted by Gasteiger charge is -2.09. The van der Waals surface area contributed by atoms with Gasteiger partial charge in [0.25, 0.3) is 0 Å². The Hall–Kier alpha value is -1.95. The number of halogens is 1. The Kier molecular flexibility index (Phi) is 5.44. The topological polar surface area (TPSA) is 75.6 Å². The van der Waals surface area contributed by atoms with Crippen LogP contribution in [-0.4, -0.2) is 29.7 Å². The number of amides is 1. The second-order valence-electron chi connectivity index (χ2n) is 4.22. The molecule has 0 saturated carbocycles. The van der Waals surface area contributed by atoms with Gasteiger partial charge >= 0.3 is 5.97 Å². The summed E-state index contributed by atoms with van der Waals surface area (Å²) in [6, 6.07) is 3.22. The maximum atomic E-state index is 13.4. The Morgan fingerprint density at radius 1 is 1.42 bits per heavy atom. The molecule has 104 valence electrons. The van der Waals surface area contributed by atoms with Gasteiger partial charge in [-0.05, 0) is 32.0 Å². The standard InChI is InChI=1S/C13H16FNO4/c1-8(2)19-6-5-12(16)15-11-7-9(13(17)18)3-4-10(11)14/h3-4,7-8H,5-6H2,1-2H3,(H,15,16)(H,17,18). The first-order valence-corrected chi connectivity index (χ1v) is 5.84. The maximum Gasteiger partial charge on any atom is 0.335 e. The number of carbonyl (C=O) groups excluding carboxylic acids is 1. The van der Waals surface area contributed by atoms with Crippen molar-refractivity contribution < 1.29 is 23.8 Å². The average Bonchev–Trinajstić information content (AvgIpc) is 2.31. The molecule has 0 aliphatic carbocycles. The Morgan fingerprint density at radius 2 is 2.11 bits per heavy atom. The highest BCUT2D eigenvalue weighted by molar-refractivity contribution is 5.94. The van der Waals surface area contributed by atoms with Gasteiger partial charge in [-0.3, -0.25) is 4.79 Å². The number of nitrogens with one attached hydrogen (secondary N) is 1. The Balaban J connectivity index is 2.63. The molecule has 0 spiro atoms. The first kappa shape index (κ1) is 15.1. The van der Waals surface area contributed by atoms with E-state index in [4.69, 9.17) is 9.84 Å². The van der Waals surface area contributed by atoms with Gasteiger partial charge in [0, 0.05) is 0 Å². The van der Waals surface area contributed by atoms with Crippen molar-refractivity contribution in [3.05, 3.63) is 29.6 Å². The summed E-state index contributed by atoms with van der Waals surface area (Å²) < 4.78 is 18.6. The molecule has 0 heterocycles. The van der Waals surface area contributed by atoms with Crippen LogP contribution in [0.25, 0.3) is 0 Å². The molecule has 0 radical (unpaired) electrons. The van der Waals surface area contributed by atoms with Crippen molar-refractivity contribution in [1.82, 2.24) is 0 Å². The molecule has 2 N–H and O–H groups in total. The average molecular weight is 269 g/mol. The minimum atomic E-state index is -1.18. The summed E-state index contributed by atoms with van der Waals surface area (Å²) in [5.74, 6) is -2.29. The molecule has 19 heavy (non-hydrogen) atoms. The number of carboxylic acids is 1. The number of hydrogen-bond donors (Lipinski definition) is 2. The number of aromatic carboxylic acids is 1. The zero-order chi connectivity index (χ0) is 14.4. The van der Waals surface area contributed by atoms with Gasteiger partial charge in [-0.2, -0.15) is 0 Å². The van der Waals surface area contributed by atoms with Crippen molar-refractivity contribution in [2.24, 2.45) is 0 Å². The first-order valence-electron chi connectivity index (χ1n) is 5.84. The van der Waals surface area contributed by atoms with Gasteiger partial charge in [0.2, 0.25) is 5.91 Å². The monoisotopic (exact) mass is 269 g/mol. The third kappa shape index (κ3) is 5.05. The molecule has 0 unspecified atom stereocenters. The van der Waals surface area contributed by atoms with Crippen molar-refractivity contribution >= 4 is 17.6 Å². The highest BCUT2D eigenvalue weighted by Crippen LogP contribution is 2.16. The molecule has 0 bridgehead atoms. The molecule has 6 heteroatoms. The minimum absolute atomic E-state index is 0.0138. The van der Waals surface area contributed by atoms with Crippen LogP contribution < -0.4 is 5.32 Å². The van der Waals surface area contributed by atoms with Gasteiger partial charge in [0.1, 0.15) is 5.82 Å². The molecule has 0 aliphatic heterocycles. The van der Waals surface area contributed by atoms with Crippen LogP contribution in [0.4, 0.5) is 10.1 Å². The molecule has 0 fully saturated rings. The number of ether oxygens (including phenoxy) is 1. The van der Waals surface area contributed by atoms with Gasteiger partial charge < -0.3 is 15.2 Å². The normalized spacial score (nSPS) is 10.5. The lowest BCUT2D eigenvalue weighted by atomic mass is 10.2. The third-order valence-electron chi connectivity index (χ3n) is 2.27. The lowest BCUT2D eigenvalue weighted by molar-refractivity contribution is -0.117. The number of benzene rings is 1. The van der Waals surface area contributed by atoms with Gasteiger partial charge in [-0.25, -0.2) is 9.18 Å². The van der Waals surface area contributed by atoms with Crippen molar-refractivity contribution in [2.75, 3.05) is 11.9 Å². The summed E-state index contributed by atoms with van der Waals surface area (Å²) in [6.45, 7) is 3.91. The van der Waals surface area contributed by atoms with Crippen LogP contribution in [0.3, 0.4) is 0 Å². The van der Waals surface area contributed by atoms with E-state index in [0.29, 0.717) is 0 Å². The zero-order valence-electron chi connectivity index (χ0n) is 10.8. The van der Waals surface area contributed by atoms with E-state index >= 15 is 0 Å². The van der Waals surface area contributed by atoms with Crippen LogP contribution >= 0.6 is 0 Å². The van der Waals surface area contributed by atoms with E-state index in [0.717, 1.165) is 18.2 Å². The maximum absolute atomic E-state index is 13.4. The van der Waals surface area contributed by atoms with E-state index < -0.39 is 17.7 Å². The van der Waals surface area contributed by atoms with Gasteiger partial charge in [-0.15, -0.1) is 0 Å². The van der Waals surface area contributed by atoms with Gasteiger partial charge in [0.05, 0.1) is 30.4 Å². The summed E-state index contributed by atoms with van der Waals surface area (Å²) in [4.78, 5) is 22.3. The van der Waals surface area contributed by atoms with E-state index in [-0.39, 0.29) is 30.4 Å². The van der Waals surface area contributed by atoms with Crippen molar-refractivity contribution in [1.29, 1.82) is 0 Å². The van der Waals surface area contributed by atoms with Crippen LogP contribution in [0.2, 0.25) is 0 Å². The molecule has 1 amide bonds. The summed E-state index contributed by atoms with van der Waals surface area (Å²) in [5, 5.41) is 11.1. The third-order valence-corrected chi connectivity index (χ3v) is 2.27. The summed E-state index contributed by atoms with van der Waals surface area (Å²) in [5.41, 5.74) is -0.232. The molecule has 0 saturated heterocycles. The smallest absolute Gasteiger partial charge is 0.335 e. The molecule has 1 rings (SSSR count). The fraction of sp³-hybridized carbons (Fsp3) is 0.385. The van der Waals surface area contributed by atoms with Crippen LogP contribution in [0.1, 0.15) is 30.6 Å². The zero-order valence-corrected chi connectivity index (χ0v) is 10.8. The van der Waals surface area contributed by atoms with E-state index in [9.17, 15) is 14.0 Å². The fourth-order valence-corrected chi connectivity index (χ4v) is 1.35. The van der Waals surface area contributed by atoms with Gasteiger partial charge in [-0.1, -0.05) is 0 Å². The van der Waals surface area contributed by atoms with Crippen LogP contribution in [-0.2, 0) is 9.53 Å². The van der Waals surface area contributed by atoms with E-state index in [1.165, 1.54) is 0 Å². The second-order valence-corrected chi connectivity index (χ2v) is 4.22. The lowest BCUT2D eigenvalue weighted by Crippen LogP contribution is -2.17. The largest absolute Gasteiger partial charge is 0.478 e. The molecule has 5 nitrogen and oxygen atoms in total. The molecule has 0 atom stereocenters. The Labute approximate surface area is 110 Å². The fourth-order valence-electron chi connectivity index (χ4n) is 1.35. The van der Waals surface area contributed by atoms with Crippen molar-refractivity contribution in [3.63, 3.8) is 0 Å². The number of hydrogen-bond acceptors (Lipinski definition) is 3. The summed E-state index contributed by atoms with van der Waals surface area (Å²) in [6.07, 6.45) is 0.0921. The number of anilines is 1. The first-order chi connectivity index (χ1) is 8.90.